The highest BCUT2D eigenvalue weighted by Gasteiger charge is 1.90. The van der Waals surface area contributed by atoms with Gasteiger partial charge in [0.2, 0.25) is 0 Å². The molecule has 2 heteroatoms. The Morgan fingerprint density at radius 2 is 2.20 bits per heavy atom. The Morgan fingerprint density at radius 3 is 2.80 bits per heavy atom. The van der Waals surface area contributed by atoms with Crippen molar-refractivity contribution in [3.8, 4) is 0 Å². The highest BCUT2D eigenvalue weighted by molar-refractivity contribution is 14.1. The van der Waals surface area contributed by atoms with Crippen LogP contribution in [0.3, 0.4) is 0 Å². The lowest BCUT2D eigenvalue weighted by atomic mass is 10.2. The average molecular weight is 311 g/mol. The van der Waals surface area contributed by atoms with E-state index in [1.54, 1.807) is 0 Å². The molecule has 0 fully saturated rings. The van der Waals surface area contributed by atoms with Crippen LogP contribution in [-0.2, 0) is 6.42 Å². The minimum atomic E-state index is 1.17. The van der Waals surface area contributed by atoms with Crippen molar-refractivity contribution < 1.29 is 0 Å². The minimum Gasteiger partial charge on any atom is -0.0860 e. The van der Waals surface area contributed by atoms with E-state index in [-0.39, 0.29) is 0 Å². The SMILES string of the molecule is Brc1cccc(CCI)c1. The Morgan fingerprint density at radius 1 is 1.40 bits per heavy atom. The molecule has 0 spiro atoms. The molecule has 1 aromatic carbocycles. The van der Waals surface area contributed by atoms with Crippen molar-refractivity contribution in [1.29, 1.82) is 0 Å². The maximum atomic E-state index is 3.43. The van der Waals surface area contributed by atoms with Gasteiger partial charge in [0.15, 0.2) is 0 Å². The fraction of sp³-hybridized carbons (Fsp3) is 0.250. The summed E-state index contributed by atoms with van der Waals surface area (Å²) < 4.78 is 2.36. The van der Waals surface area contributed by atoms with Crippen LogP contribution in [0.15, 0.2) is 28.7 Å². The van der Waals surface area contributed by atoms with Gasteiger partial charge in [0.05, 0.1) is 0 Å². The normalized spacial score (nSPS) is 9.80. The van der Waals surface area contributed by atoms with E-state index in [0.29, 0.717) is 0 Å². The van der Waals surface area contributed by atoms with Crippen LogP contribution in [0.25, 0.3) is 0 Å². The number of aryl methyl sites for hydroxylation is 1. The highest BCUT2D eigenvalue weighted by Crippen LogP contribution is 2.12. The minimum absolute atomic E-state index is 1.17. The first-order valence-electron chi connectivity index (χ1n) is 3.13. The molecule has 10 heavy (non-hydrogen) atoms. The second-order valence-corrected chi connectivity index (χ2v) is 4.06. The van der Waals surface area contributed by atoms with Gasteiger partial charge < -0.3 is 0 Å². The van der Waals surface area contributed by atoms with Crippen LogP contribution in [0.2, 0.25) is 0 Å². The third kappa shape index (κ3) is 2.58. The fourth-order valence-electron chi connectivity index (χ4n) is 0.802. The Kier molecular flexibility index (Phi) is 3.70. The molecule has 0 heterocycles. The quantitative estimate of drug-likeness (QED) is 0.580. The molecule has 1 aromatic rings. The van der Waals surface area contributed by atoms with Crippen molar-refractivity contribution >= 4 is 38.5 Å². The predicted molar refractivity (Wildman–Crippen MR) is 56.7 cm³/mol. The molecule has 0 saturated heterocycles. The van der Waals surface area contributed by atoms with Gasteiger partial charge in [-0.3, -0.25) is 0 Å². The topological polar surface area (TPSA) is 0 Å². The standard InChI is InChI=1S/C8H8BrI/c9-8-3-1-2-7(6-8)4-5-10/h1-3,6H,4-5H2. The van der Waals surface area contributed by atoms with Crippen molar-refractivity contribution in [1.82, 2.24) is 0 Å². The Hall–Kier alpha value is 0.430. The summed E-state index contributed by atoms with van der Waals surface area (Å²) in [4.78, 5) is 0. The largest absolute Gasteiger partial charge is 0.0860 e. The smallest absolute Gasteiger partial charge is 0.0178 e. The molecule has 0 radical (unpaired) electrons. The zero-order chi connectivity index (χ0) is 7.40. The lowest BCUT2D eigenvalue weighted by Gasteiger charge is -1.96. The molecule has 54 valence electrons. The highest BCUT2D eigenvalue weighted by atomic mass is 127. The summed E-state index contributed by atoms with van der Waals surface area (Å²) in [6.45, 7) is 0. The molecule has 0 amide bonds. The maximum Gasteiger partial charge on any atom is 0.0178 e. The van der Waals surface area contributed by atoms with Crippen LogP contribution in [-0.4, -0.2) is 4.43 Å². The Balaban J connectivity index is 2.75. The van der Waals surface area contributed by atoms with Crippen LogP contribution < -0.4 is 0 Å². The number of hydrogen-bond donors (Lipinski definition) is 0. The van der Waals surface area contributed by atoms with Crippen molar-refractivity contribution in [3.05, 3.63) is 34.3 Å². The summed E-state index contributed by atoms with van der Waals surface area (Å²) >= 11 is 5.82. The lowest BCUT2D eigenvalue weighted by molar-refractivity contribution is 1.18. The molecule has 0 atom stereocenters. The van der Waals surface area contributed by atoms with Crippen molar-refractivity contribution in [2.45, 2.75) is 6.42 Å². The van der Waals surface area contributed by atoms with E-state index >= 15 is 0 Å². The summed E-state index contributed by atoms with van der Waals surface area (Å²) in [5, 5.41) is 0. The molecule has 1 rings (SSSR count). The van der Waals surface area contributed by atoms with E-state index in [0.717, 1.165) is 0 Å². The van der Waals surface area contributed by atoms with Crippen LogP contribution in [0.5, 0.6) is 0 Å². The Labute approximate surface area is 83.3 Å². The van der Waals surface area contributed by atoms with Gasteiger partial charge in [-0.25, -0.2) is 0 Å². The summed E-state index contributed by atoms with van der Waals surface area (Å²) in [5.41, 5.74) is 1.41. The first-order valence-corrected chi connectivity index (χ1v) is 5.45. The van der Waals surface area contributed by atoms with Gasteiger partial charge in [-0.15, -0.1) is 0 Å². The van der Waals surface area contributed by atoms with Crippen LogP contribution in [0.4, 0.5) is 0 Å². The van der Waals surface area contributed by atoms with E-state index in [2.05, 4.69) is 62.8 Å². The predicted octanol–water partition coefficient (Wildman–Crippen LogP) is 3.43. The van der Waals surface area contributed by atoms with E-state index in [9.17, 15) is 0 Å². The number of benzene rings is 1. The molecule has 0 saturated carbocycles. The molecule has 0 bridgehead atoms. The van der Waals surface area contributed by atoms with Crippen molar-refractivity contribution in [2.75, 3.05) is 4.43 Å². The Bertz CT molecular complexity index is 210. The number of rotatable bonds is 2. The van der Waals surface area contributed by atoms with Crippen molar-refractivity contribution in [3.63, 3.8) is 0 Å². The van der Waals surface area contributed by atoms with E-state index in [1.807, 2.05) is 0 Å². The van der Waals surface area contributed by atoms with Gasteiger partial charge in [-0.2, -0.15) is 0 Å². The third-order valence-corrected chi connectivity index (χ3v) is 2.30. The second-order valence-electron chi connectivity index (χ2n) is 2.07. The van der Waals surface area contributed by atoms with E-state index < -0.39 is 0 Å². The van der Waals surface area contributed by atoms with E-state index in [1.165, 1.54) is 20.9 Å². The maximum absolute atomic E-state index is 3.43. The molecule has 0 nitrogen and oxygen atoms in total. The zero-order valence-electron chi connectivity index (χ0n) is 5.48. The summed E-state index contributed by atoms with van der Waals surface area (Å²) in [5.74, 6) is 0. The molecule has 0 aliphatic heterocycles. The summed E-state index contributed by atoms with van der Waals surface area (Å²) in [7, 11) is 0. The van der Waals surface area contributed by atoms with Gasteiger partial charge in [-0.05, 0) is 24.1 Å². The van der Waals surface area contributed by atoms with Gasteiger partial charge in [0.25, 0.3) is 0 Å². The molecule has 0 N–H and O–H groups in total. The number of alkyl halides is 1. The van der Waals surface area contributed by atoms with Crippen molar-refractivity contribution in [2.24, 2.45) is 0 Å². The van der Waals surface area contributed by atoms with Gasteiger partial charge in [0.1, 0.15) is 0 Å². The monoisotopic (exact) mass is 310 g/mol. The average Bonchev–Trinajstić information content (AvgIpc) is 1.88. The van der Waals surface area contributed by atoms with Crippen LogP contribution in [0, 0.1) is 0 Å². The fourth-order valence-corrected chi connectivity index (χ4v) is 1.87. The summed E-state index contributed by atoms with van der Waals surface area (Å²) in [6.07, 6.45) is 1.17. The second kappa shape index (κ2) is 4.34. The van der Waals surface area contributed by atoms with Gasteiger partial charge in [0, 0.05) is 8.90 Å². The number of halogens is 2. The zero-order valence-corrected chi connectivity index (χ0v) is 9.22. The lowest BCUT2D eigenvalue weighted by Crippen LogP contribution is -1.83. The number of hydrogen-bond acceptors (Lipinski definition) is 0. The molecule has 0 aliphatic carbocycles. The molecule has 0 unspecified atom stereocenters. The first kappa shape index (κ1) is 8.53. The first-order chi connectivity index (χ1) is 4.83. The van der Waals surface area contributed by atoms with Crippen LogP contribution >= 0.6 is 38.5 Å². The molecule has 0 aliphatic rings. The van der Waals surface area contributed by atoms with Crippen LogP contribution in [0.1, 0.15) is 5.56 Å². The third-order valence-electron chi connectivity index (χ3n) is 1.27. The molecule has 0 aromatic heterocycles. The molecular formula is C8H8BrI. The van der Waals surface area contributed by atoms with E-state index in [4.69, 9.17) is 0 Å². The van der Waals surface area contributed by atoms with Gasteiger partial charge >= 0.3 is 0 Å². The van der Waals surface area contributed by atoms with Gasteiger partial charge in [-0.1, -0.05) is 50.7 Å². The molecular weight excluding hydrogens is 303 g/mol. The summed E-state index contributed by atoms with van der Waals surface area (Å²) in [6, 6.07) is 8.45.